The van der Waals surface area contributed by atoms with Gasteiger partial charge in [-0.1, -0.05) is 11.8 Å². The van der Waals surface area contributed by atoms with E-state index >= 15 is 0 Å². The molecule has 0 aliphatic heterocycles. The molecule has 0 fully saturated rings. The van der Waals surface area contributed by atoms with Gasteiger partial charge in [-0.2, -0.15) is 9.97 Å². The lowest BCUT2D eigenvalue weighted by Crippen LogP contribution is -2.00. The first-order valence-corrected chi connectivity index (χ1v) is 7.73. The molecule has 0 bridgehead atoms. The Bertz CT molecular complexity index is 509. The van der Waals surface area contributed by atoms with E-state index in [-0.39, 0.29) is 5.95 Å². The summed E-state index contributed by atoms with van der Waals surface area (Å²) < 4.78 is 1.99. The van der Waals surface area contributed by atoms with Gasteiger partial charge in [0.2, 0.25) is 5.95 Å². The summed E-state index contributed by atoms with van der Waals surface area (Å²) in [6.45, 7) is 0. The highest BCUT2D eigenvalue weighted by molar-refractivity contribution is 9.13. The summed E-state index contributed by atoms with van der Waals surface area (Å²) >= 11 is 9.84. The Kier molecular flexibility index (Phi) is 3.83. The Labute approximate surface area is 117 Å². The zero-order valence-electron chi connectivity index (χ0n) is 8.07. The number of hydrogen-bond acceptors (Lipinski definition) is 6. The number of anilines is 1. The number of thiophene rings is 1. The largest absolute Gasteiger partial charge is 0.368 e. The van der Waals surface area contributed by atoms with E-state index in [2.05, 4.69) is 46.8 Å². The molecule has 16 heavy (non-hydrogen) atoms. The molecule has 8 heteroatoms. The van der Waals surface area contributed by atoms with Crippen LogP contribution in [0.4, 0.5) is 5.95 Å². The maximum atomic E-state index is 5.62. The molecule has 0 saturated heterocycles. The molecule has 0 aromatic carbocycles. The Hall–Kier alpha value is -0.180. The molecule has 2 N–H and O–H groups in total. The highest BCUT2D eigenvalue weighted by atomic mass is 79.9. The van der Waals surface area contributed by atoms with Crippen LogP contribution in [0, 0.1) is 0 Å². The third-order valence-electron chi connectivity index (χ3n) is 1.68. The fraction of sp³-hybridized carbons (Fsp3) is 0.125. The summed E-state index contributed by atoms with van der Waals surface area (Å²) in [7, 11) is 0. The predicted molar refractivity (Wildman–Crippen MR) is 74.7 cm³/mol. The van der Waals surface area contributed by atoms with Gasteiger partial charge >= 0.3 is 0 Å². The monoisotopic (exact) mass is 380 g/mol. The van der Waals surface area contributed by atoms with Crippen molar-refractivity contribution in [1.82, 2.24) is 15.0 Å². The smallest absolute Gasteiger partial charge is 0.224 e. The Morgan fingerprint density at radius 2 is 2.06 bits per heavy atom. The van der Waals surface area contributed by atoms with Crippen LogP contribution in [-0.4, -0.2) is 21.2 Å². The van der Waals surface area contributed by atoms with E-state index in [1.54, 1.807) is 11.3 Å². The molecule has 0 atom stereocenters. The third kappa shape index (κ3) is 2.55. The number of nitrogens with two attached hydrogens (primary N) is 1. The molecular formula is C8H6Br2N4S2. The van der Waals surface area contributed by atoms with Crippen molar-refractivity contribution in [2.75, 3.05) is 12.0 Å². The van der Waals surface area contributed by atoms with Gasteiger partial charge in [0.05, 0.1) is 8.66 Å². The van der Waals surface area contributed by atoms with E-state index in [1.165, 1.54) is 11.8 Å². The number of rotatable bonds is 2. The second-order valence-electron chi connectivity index (χ2n) is 2.74. The van der Waals surface area contributed by atoms with Crippen LogP contribution < -0.4 is 5.73 Å². The minimum atomic E-state index is 0.245. The summed E-state index contributed by atoms with van der Waals surface area (Å²) in [6, 6.07) is 1.95. The van der Waals surface area contributed by atoms with Gasteiger partial charge in [0.15, 0.2) is 11.0 Å². The summed E-state index contributed by atoms with van der Waals surface area (Å²) in [6.07, 6.45) is 1.90. The van der Waals surface area contributed by atoms with E-state index in [4.69, 9.17) is 5.73 Å². The van der Waals surface area contributed by atoms with Crippen LogP contribution in [0.5, 0.6) is 0 Å². The van der Waals surface area contributed by atoms with Gasteiger partial charge < -0.3 is 5.73 Å². The van der Waals surface area contributed by atoms with Crippen molar-refractivity contribution in [2.24, 2.45) is 0 Å². The molecule has 0 unspecified atom stereocenters. The van der Waals surface area contributed by atoms with Gasteiger partial charge in [0.1, 0.15) is 0 Å². The van der Waals surface area contributed by atoms with Crippen molar-refractivity contribution in [3.05, 3.63) is 14.3 Å². The lowest BCUT2D eigenvalue weighted by molar-refractivity contribution is 0.930. The number of thioether (sulfide) groups is 1. The molecule has 0 amide bonds. The van der Waals surface area contributed by atoms with E-state index < -0.39 is 0 Å². The zero-order valence-corrected chi connectivity index (χ0v) is 12.9. The maximum absolute atomic E-state index is 5.62. The topological polar surface area (TPSA) is 64.7 Å². The van der Waals surface area contributed by atoms with E-state index in [9.17, 15) is 0 Å². The van der Waals surface area contributed by atoms with Crippen LogP contribution in [0.15, 0.2) is 19.5 Å². The maximum Gasteiger partial charge on any atom is 0.224 e. The predicted octanol–water partition coefficient (Wildman–Crippen LogP) is 3.43. The lowest BCUT2D eigenvalue weighted by Gasteiger charge is -2.00. The van der Waals surface area contributed by atoms with Gasteiger partial charge in [0.25, 0.3) is 0 Å². The highest BCUT2D eigenvalue weighted by Gasteiger charge is 2.11. The molecule has 0 aliphatic rings. The summed E-state index contributed by atoms with van der Waals surface area (Å²) in [4.78, 5) is 13.4. The fourth-order valence-corrected chi connectivity index (χ4v) is 3.36. The molecule has 0 spiro atoms. The van der Waals surface area contributed by atoms with Crippen LogP contribution >= 0.6 is 55.0 Å². The number of hydrogen-bond donors (Lipinski definition) is 1. The molecule has 0 saturated carbocycles. The lowest BCUT2D eigenvalue weighted by atomic mass is 10.4. The number of aromatic nitrogens is 3. The zero-order chi connectivity index (χ0) is 11.7. The molecule has 2 rings (SSSR count). The van der Waals surface area contributed by atoms with Gasteiger partial charge in [0, 0.05) is 4.47 Å². The Morgan fingerprint density at radius 3 is 2.62 bits per heavy atom. The van der Waals surface area contributed by atoms with Gasteiger partial charge in [-0.15, -0.1) is 11.3 Å². The molecule has 2 aromatic heterocycles. The average molecular weight is 382 g/mol. The van der Waals surface area contributed by atoms with Gasteiger partial charge in [-0.05, 0) is 44.2 Å². The minimum Gasteiger partial charge on any atom is -0.368 e. The third-order valence-corrected chi connectivity index (χ3v) is 5.48. The first-order chi connectivity index (χ1) is 7.60. The molecule has 84 valence electrons. The molecule has 2 heterocycles. The van der Waals surface area contributed by atoms with Crippen molar-refractivity contribution < 1.29 is 0 Å². The van der Waals surface area contributed by atoms with Crippen LogP contribution in [0.2, 0.25) is 0 Å². The van der Waals surface area contributed by atoms with Crippen LogP contribution in [0.1, 0.15) is 0 Å². The quantitative estimate of drug-likeness (QED) is 0.807. The molecular weight excluding hydrogens is 376 g/mol. The normalized spacial score (nSPS) is 10.7. The van der Waals surface area contributed by atoms with Crippen molar-refractivity contribution >= 4 is 60.9 Å². The van der Waals surface area contributed by atoms with Gasteiger partial charge in [-0.3, -0.25) is 0 Å². The summed E-state index contributed by atoms with van der Waals surface area (Å²) in [5, 5.41) is 0.628. The molecule has 4 nitrogen and oxygen atoms in total. The summed E-state index contributed by atoms with van der Waals surface area (Å²) in [5.74, 6) is 0.850. The number of nitrogen functional groups attached to an aromatic ring is 1. The van der Waals surface area contributed by atoms with Crippen LogP contribution in [0.25, 0.3) is 10.7 Å². The van der Waals surface area contributed by atoms with E-state index in [1.807, 2.05) is 12.3 Å². The molecule has 0 radical (unpaired) electrons. The van der Waals surface area contributed by atoms with Crippen molar-refractivity contribution in [1.29, 1.82) is 0 Å². The van der Waals surface area contributed by atoms with Crippen LogP contribution in [0.3, 0.4) is 0 Å². The fourth-order valence-electron chi connectivity index (χ4n) is 1.03. The summed E-state index contributed by atoms with van der Waals surface area (Å²) in [5.41, 5.74) is 5.62. The molecule has 0 aliphatic carbocycles. The van der Waals surface area contributed by atoms with Crippen molar-refractivity contribution in [3.8, 4) is 10.7 Å². The SMILES string of the molecule is CSc1nc(N)nc(-c2cc(Br)c(Br)s2)n1. The Morgan fingerprint density at radius 1 is 1.31 bits per heavy atom. The molecule has 2 aromatic rings. The second kappa shape index (κ2) is 4.99. The van der Waals surface area contributed by atoms with Crippen molar-refractivity contribution in [2.45, 2.75) is 5.16 Å². The van der Waals surface area contributed by atoms with Gasteiger partial charge in [-0.25, -0.2) is 4.98 Å². The number of nitrogens with zero attached hydrogens (tertiary/aromatic N) is 3. The first-order valence-electron chi connectivity index (χ1n) is 4.11. The van der Waals surface area contributed by atoms with Crippen LogP contribution in [-0.2, 0) is 0 Å². The highest BCUT2D eigenvalue weighted by Crippen LogP contribution is 2.37. The van der Waals surface area contributed by atoms with E-state index in [0.717, 1.165) is 13.1 Å². The second-order valence-corrected chi connectivity index (χ2v) is 6.73. The standard InChI is InChI=1S/C8H6Br2N4S2/c1-15-8-13-6(12-7(11)14-8)4-2-3(9)5(10)16-4/h2H,1H3,(H2,11,12,13,14). The first kappa shape index (κ1) is 12.3. The van der Waals surface area contributed by atoms with E-state index in [0.29, 0.717) is 11.0 Å². The number of halogens is 2. The average Bonchev–Trinajstić information content (AvgIpc) is 2.58. The van der Waals surface area contributed by atoms with Crippen molar-refractivity contribution in [3.63, 3.8) is 0 Å². The minimum absolute atomic E-state index is 0.245. The Balaban J connectivity index is 2.50.